The van der Waals surface area contributed by atoms with Crippen LogP contribution in [0, 0.1) is 11.3 Å². The van der Waals surface area contributed by atoms with Gasteiger partial charge in [0.2, 0.25) is 0 Å². The number of carboxylic acids is 1. The average Bonchev–Trinajstić information content (AvgIpc) is 2.34. The number of hydrogen-bond acceptors (Lipinski definition) is 4. The molecule has 0 fully saturated rings. The number of halogens is 2. The predicted octanol–water partition coefficient (Wildman–Crippen LogP) is 2.07. The molecule has 0 bridgehead atoms. The minimum Gasteiger partial charge on any atom is -0.478 e. The summed E-state index contributed by atoms with van der Waals surface area (Å²) in [4.78, 5) is 21.1. The van der Waals surface area contributed by atoms with E-state index in [1.807, 2.05) is 0 Å². The number of benzene rings is 1. The number of carboxylic acid groups (broad SMARTS) is 1. The molecule has 1 aromatic rings. The third-order valence-electron chi connectivity index (χ3n) is 2.02. The van der Waals surface area contributed by atoms with Gasteiger partial charge in [0.1, 0.15) is 23.7 Å². The highest BCUT2D eigenvalue weighted by Crippen LogP contribution is 2.26. The predicted molar refractivity (Wildman–Crippen MR) is 59.8 cm³/mol. The molecule has 1 N–H and O–H groups in total. The Morgan fingerprint density at radius 3 is 2.63 bits per heavy atom. The number of carbonyl (C=O) groups is 2. The lowest BCUT2D eigenvalue weighted by atomic mass is 10.0. The van der Waals surface area contributed by atoms with Gasteiger partial charge in [-0.1, -0.05) is 0 Å². The Kier molecular flexibility index (Phi) is 4.71. The van der Waals surface area contributed by atoms with E-state index in [9.17, 15) is 18.4 Å². The molecule has 0 aliphatic heterocycles. The van der Waals surface area contributed by atoms with E-state index in [0.29, 0.717) is 6.29 Å². The lowest BCUT2D eigenvalue weighted by molar-refractivity contribution is -0.131. The van der Waals surface area contributed by atoms with Crippen molar-refractivity contribution in [2.75, 3.05) is 0 Å². The number of alkyl halides is 2. The van der Waals surface area contributed by atoms with Gasteiger partial charge in [0.15, 0.2) is 0 Å². The van der Waals surface area contributed by atoms with Crippen LogP contribution in [0.4, 0.5) is 8.78 Å². The molecule has 98 valence electrons. The SMILES string of the molecule is N#Cc1c(/C=C/C(=O)O)cc(C=O)cc1OC(F)F. The lowest BCUT2D eigenvalue weighted by Gasteiger charge is -2.09. The number of aliphatic carboxylic acids is 1. The second-order valence-electron chi connectivity index (χ2n) is 3.26. The molecule has 0 unspecified atom stereocenters. The Bertz CT molecular complexity index is 576. The first-order valence-electron chi connectivity index (χ1n) is 4.87. The highest BCUT2D eigenvalue weighted by atomic mass is 19.3. The third-order valence-corrected chi connectivity index (χ3v) is 2.02. The first-order valence-corrected chi connectivity index (χ1v) is 4.87. The van der Waals surface area contributed by atoms with Crippen molar-refractivity contribution in [3.63, 3.8) is 0 Å². The molecule has 0 radical (unpaired) electrons. The van der Waals surface area contributed by atoms with Crippen LogP contribution >= 0.6 is 0 Å². The van der Waals surface area contributed by atoms with Crippen molar-refractivity contribution < 1.29 is 28.2 Å². The van der Waals surface area contributed by atoms with Gasteiger partial charge in [0, 0.05) is 11.6 Å². The standard InChI is InChI=1S/C12H7F2NO4/c13-12(14)19-10-4-7(6-16)3-8(9(10)5-15)1-2-11(17)18/h1-4,6,12H,(H,17,18)/b2-1+. The van der Waals surface area contributed by atoms with E-state index in [0.717, 1.165) is 18.2 Å². The molecule has 0 aliphatic rings. The second-order valence-corrected chi connectivity index (χ2v) is 3.26. The number of hydrogen-bond donors (Lipinski definition) is 1. The summed E-state index contributed by atoms with van der Waals surface area (Å²) in [5.74, 6) is -1.76. The summed E-state index contributed by atoms with van der Waals surface area (Å²) in [7, 11) is 0. The van der Waals surface area contributed by atoms with E-state index in [1.165, 1.54) is 6.07 Å². The van der Waals surface area contributed by atoms with Gasteiger partial charge in [-0.25, -0.2) is 4.79 Å². The quantitative estimate of drug-likeness (QED) is 0.651. The van der Waals surface area contributed by atoms with E-state index in [-0.39, 0.29) is 16.7 Å². The van der Waals surface area contributed by atoms with Crippen molar-refractivity contribution in [1.82, 2.24) is 0 Å². The monoisotopic (exact) mass is 267 g/mol. The first kappa shape index (κ1) is 14.3. The molecule has 0 saturated carbocycles. The van der Waals surface area contributed by atoms with E-state index in [1.54, 1.807) is 6.07 Å². The molecular formula is C12H7F2NO4. The van der Waals surface area contributed by atoms with Crippen LogP contribution in [0.3, 0.4) is 0 Å². The molecule has 0 saturated heterocycles. The van der Waals surface area contributed by atoms with Gasteiger partial charge in [-0.2, -0.15) is 14.0 Å². The van der Waals surface area contributed by atoms with Crippen molar-refractivity contribution in [3.05, 3.63) is 34.9 Å². The van der Waals surface area contributed by atoms with Crippen LogP contribution in [0.1, 0.15) is 21.5 Å². The summed E-state index contributed by atoms with van der Waals surface area (Å²) in [5, 5.41) is 17.4. The second kappa shape index (κ2) is 6.26. The fraction of sp³-hybridized carbons (Fsp3) is 0.0833. The van der Waals surface area contributed by atoms with Crippen molar-refractivity contribution in [2.45, 2.75) is 6.61 Å². The molecule has 7 heteroatoms. The van der Waals surface area contributed by atoms with Crippen molar-refractivity contribution >= 4 is 18.3 Å². The fourth-order valence-electron chi connectivity index (χ4n) is 1.33. The van der Waals surface area contributed by atoms with Crippen molar-refractivity contribution in [2.24, 2.45) is 0 Å². The summed E-state index contributed by atoms with van der Waals surface area (Å²) in [6.45, 7) is -3.16. The minimum atomic E-state index is -3.16. The number of carbonyl (C=O) groups excluding carboxylic acids is 1. The number of ether oxygens (including phenoxy) is 1. The van der Waals surface area contributed by atoms with Crippen LogP contribution in [0.5, 0.6) is 5.75 Å². The number of nitrogens with zero attached hydrogens (tertiary/aromatic N) is 1. The summed E-state index contributed by atoms with van der Waals surface area (Å²) < 4.78 is 28.5. The zero-order valence-corrected chi connectivity index (χ0v) is 9.34. The van der Waals surface area contributed by atoms with Crippen LogP contribution in [0.25, 0.3) is 6.08 Å². The normalized spacial score (nSPS) is 10.4. The van der Waals surface area contributed by atoms with Gasteiger partial charge < -0.3 is 9.84 Å². The van der Waals surface area contributed by atoms with Crippen molar-refractivity contribution in [1.29, 1.82) is 5.26 Å². The van der Waals surface area contributed by atoms with Crippen LogP contribution in [0.15, 0.2) is 18.2 Å². The highest BCUT2D eigenvalue weighted by molar-refractivity contribution is 5.87. The zero-order chi connectivity index (χ0) is 14.4. The Labute approximate surface area is 106 Å². The summed E-state index contributed by atoms with van der Waals surface area (Å²) in [6.07, 6.45) is 2.11. The van der Waals surface area contributed by atoms with Crippen LogP contribution in [-0.4, -0.2) is 24.0 Å². The minimum absolute atomic E-state index is 0.00477. The van der Waals surface area contributed by atoms with E-state index >= 15 is 0 Å². The fourth-order valence-corrected chi connectivity index (χ4v) is 1.33. The Morgan fingerprint density at radius 1 is 1.47 bits per heavy atom. The molecule has 0 spiro atoms. The maximum atomic E-state index is 12.2. The zero-order valence-electron chi connectivity index (χ0n) is 9.34. The van der Waals surface area contributed by atoms with Crippen LogP contribution < -0.4 is 4.74 Å². The lowest BCUT2D eigenvalue weighted by Crippen LogP contribution is -2.05. The topological polar surface area (TPSA) is 87.4 Å². The smallest absolute Gasteiger partial charge is 0.387 e. The number of aldehydes is 1. The Morgan fingerprint density at radius 2 is 2.16 bits per heavy atom. The maximum absolute atomic E-state index is 12.2. The van der Waals surface area contributed by atoms with Crippen LogP contribution in [0.2, 0.25) is 0 Å². The molecule has 19 heavy (non-hydrogen) atoms. The molecule has 0 aromatic heterocycles. The third kappa shape index (κ3) is 3.89. The summed E-state index contributed by atoms with van der Waals surface area (Å²) >= 11 is 0. The van der Waals surface area contributed by atoms with Gasteiger partial charge in [-0.15, -0.1) is 0 Å². The molecule has 0 aliphatic carbocycles. The van der Waals surface area contributed by atoms with Gasteiger partial charge in [-0.3, -0.25) is 4.79 Å². The van der Waals surface area contributed by atoms with E-state index in [2.05, 4.69) is 4.74 Å². The Balaban J connectivity index is 3.39. The molecule has 0 heterocycles. The molecule has 0 atom stereocenters. The largest absolute Gasteiger partial charge is 0.478 e. The molecule has 5 nitrogen and oxygen atoms in total. The molecule has 1 aromatic carbocycles. The molecule has 0 amide bonds. The van der Waals surface area contributed by atoms with Gasteiger partial charge in [0.25, 0.3) is 0 Å². The van der Waals surface area contributed by atoms with Gasteiger partial charge >= 0.3 is 12.6 Å². The van der Waals surface area contributed by atoms with Gasteiger partial charge in [-0.05, 0) is 23.8 Å². The van der Waals surface area contributed by atoms with E-state index < -0.39 is 18.3 Å². The summed E-state index contributed by atoms with van der Waals surface area (Å²) in [6, 6.07) is 3.81. The maximum Gasteiger partial charge on any atom is 0.387 e. The highest BCUT2D eigenvalue weighted by Gasteiger charge is 2.14. The number of rotatable bonds is 5. The average molecular weight is 267 g/mol. The van der Waals surface area contributed by atoms with Crippen molar-refractivity contribution in [3.8, 4) is 11.8 Å². The molecule has 1 rings (SSSR count). The number of nitriles is 1. The van der Waals surface area contributed by atoms with Gasteiger partial charge in [0.05, 0.1) is 0 Å². The van der Waals surface area contributed by atoms with E-state index in [4.69, 9.17) is 10.4 Å². The molecular weight excluding hydrogens is 260 g/mol. The summed E-state index contributed by atoms with van der Waals surface area (Å²) in [5.41, 5.74) is -0.284. The van der Waals surface area contributed by atoms with Crippen LogP contribution in [-0.2, 0) is 4.79 Å². The Hall–Kier alpha value is -2.75. The first-order chi connectivity index (χ1) is 8.97.